The van der Waals surface area contributed by atoms with Crippen LogP contribution in [-0.4, -0.2) is 107 Å². The topological polar surface area (TPSA) is 181 Å². The lowest BCUT2D eigenvalue weighted by Gasteiger charge is -2.61. The van der Waals surface area contributed by atoms with Crippen molar-refractivity contribution in [3.8, 4) is 0 Å². The van der Waals surface area contributed by atoms with Gasteiger partial charge < -0.3 is 44.5 Å². The minimum absolute atomic E-state index is 0.0632. The van der Waals surface area contributed by atoms with E-state index in [4.69, 9.17) is 28.9 Å². The first-order valence-corrected chi connectivity index (χ1v) is 26.0. The molecule has 1 aromatic rings. The quantitative estimate of drug-likeness (QED) is 0.224. The Labute approximate surface area is 389 Å². The summed E-state index contributed by atoms with van der Waals surface area (Å²) in [5.41, 5.74) is 2.15. The highest BCUT2D eigenvalue weighted by atomic mass is 16.7. The summed E-state index contributed by atoms with van der Waals surface area (Å²) >= 11 is 0. The number of rotatable bonds is 1. The van der Waals surface area contributed by atoms with E-state index in [1.54, 1.807) is 6.92 Å². The van der Waals surface area contributed by atoms with Gasteiger partial charge in [-0.15, -0.1) is 0 Å². The summed E-state index contributed by atoms with van der Waals surface area (Å²) in [6, 6.07) is 0. The van der Waals surface area contributed by atoms with Crippen LogP contribution in [0.5, 0.6) is 0 Å². The minimum atomic E-state index is -1.49. The number of fused-ring (bicyclic) bond motifs is 13. The molecule has 4 saturated carbocycles. The molecule has 0 aromatic carbocycles. The fourth-order valence-electron chi connectivity index (χ4n) is 19.3. The van der Waals surface area contributed by atoms with Gasteiger partial charge in [0.15, 0.2) is 5.79 Å². The van der Waals surface area contributed by atoms with Crippen LogP contribution in [-0.2, 0) is 49.4 Å². The van der Waals surface area contributed by atoms with Gasteiger partial charge in [-0.3, -0.25) is 14.8 Å². The monoisotopic (exact) mass is 911 g/mol. The molecular weight excluding hydrogens is 837 g/mol. The number of aliphatic hydroxyl groups is 5. The van der Waals surface area contributed by atoms with Crippen molar-refractivity contribution in [3.63, 3.8) is 0 Å². The standard InChI is InChI=1S/C54H74N2O10/c1-26-32-13-14-33-30-11-9-28-15-37-40(21-49(28,7)35(30)18-42(59)51(32,33)25-63-53(26)43(60)22-46(3,4)65-53)56-38-16-29-10-12-31-34(48(29,6)20-39(38)55-37)17-41(58)50(8)36(31)19-45-52(50,62)27(2)54(64-45)44(61)23-47(5,24-57)66-54/h14,19,26-32,34-35,41,43-45,57-58,60-62H,9-13,15-18,20-25H2,1-8H3/t26-,27-,28-,29-,30-,31+,32+,34-,35-,41+,43+,44+,45-,47-,48-,49-,50+,51+,52+,53?,54-/m0/s1. The van der Waals surface area contributed by atoms with E-state index in [0.717, 1.165) is 86.1 Å². The van der Waals surface area contributed by atoms with Crippen LogP contribution in [0, 0.1) is 74.9 Å². The largest absolute Gasteiger partial charge is 0.393 e. The molecule has 1 unspecified atom stereocenters. The molecule has 4 aliphatic heterocycles. The molecule has 12 heteroatoms. The van der Waals surface area contributed by atoms with Crippen molar-refractivity contribution in [3.05, 3.63) is 46.1 Å². The zero-order valence-corrected chi connectivity index (χ0v) is 40.4. The summed E-state index contributed by atoms with van der Waals surface area (Å²) in [6.07, 6.45) is 11.4. The third-order valence-corrected chi connectivity index (χ3v) is 22.9. The summed E-state index contributed by atoms with van der Waals surface area (Å²) in [5, 5.41) is 58.3. The van der Waals surface area contributed by atoms with E-state index < -0.39 is 69.5 Å². The molecule has 360 valence electrons. The molecule has 13 rings (SSSR count). The molecular formula is C54H74N2O10. The first-order valence-electron chi connectivity index (χ1n) is 26.0. The van der Waals surface area contributed by atoms with Crippen molar-refractivity contribution in [2.24, 2.45) is 74.9 Å². The summed E-state index contributed by atoms with van der Waals surface area (Å²) in [7, 11) is 0. The molecule has 4 saturated heterocycles. The van der Waals surface area contributed by atoms with Gasteiger partial charge >= 0.3 is 0 Å². The number of ketones is 1. The molecule has 3 spiro atoms. The lowest BCUT2D eigenvalue weighted by Crippen LogP contribution is -2.65. The van der Waals surface area contributed by atoms with Crippen molar-refractivity contribution in [2.75, 3.05) is 13.2 Å². The number of aromatic nitrogens is 2. The molecule has 8 fully saturated rings. The van der Waals surface area contributed by atoms with E-state index >= 15 is 0 Å². The molecule has 0 amide bonds. The lowest BCUT2D eigenvalue weighted by molar-refractivity contribution is -0.336. The van der Waals surface area contributed by atoms with Crippen LogP contribution in [0.2, 0.25) is 0 Å². The van der Waals surface area contributed by atoms with Crippen LogP contribution in [0.15, 0.2) is 23.3 Å². The zero-order valence-electron chi connectivity index (χ0n) is 40.4. The maximum absolute atomic E-state index is 14.9. The maximum Gasteiger partial charge on any atom is 0.201 e. The average Bonchev–Trinajstić information content (AvgIpc) is 3.98. The van der Waals surface area contributed by atoms with E-state index in [1.807, 2.05) is 27.7 Å². The Balaban J connectivity index is 0.762. The molecule has 5 N–H and O–H groups in total. The van der Waals surface area contributed by atoms with Crippen molar-refractivity contribution in [2.45, 2.75) is 192 Å². The van der Waals surface area contributed by atoms with E-state index in [9.17, 15) is 30.3 Å². The van der Waals surface area contributed by atoms with Gasteiger partial charge in [0, 0.05) is 36.5 Å². The van der Waals surface area contributed by atoms with Crippen LogP contribution in [0.1, 0.15) is 136 Å². The van der Waals surface area contributed by atoms with Gasteiger partial charge in [0.2, 0.25) is 5.79 Å². The predicted molar refractivity (Wildman–Crippen MR) is 240 cm³/mol. The van der Waals surface area contributed by atoms with Gasteiger partial charge in [-0.1, -0.05) is 57.9 Å². The average molecular weight is 911 g/mol. The predicted octanol–water partition coefficient (Wildman–Crippen LogP) is 5.50. The summed E-state index contributed by atoms with van der Waals surface area (Å²) in [4.78, 5) is 26.1. The molecule has 1 aromatic heterocycles. The van der Waals surface area contributed by atoms with E-state index in [0.29, 0.717) is 49.4 Å². The highest BCUT2D eigenvalue weighted by Gasteiger charge is 2.79. The Morgan fingerprint density at radius 3 is 1.95 bits per heavy atom. The van der Waals surface area contributed by atoms with Crippen LogP contribution >= 0.6 is 0 Å². The number of hydrogen-bond donors (Lipinski definition) is 5. The zero-order chi connectivity index (χ0) is 46.3. The molecule has 21 atom stereocenters. The van der Waals surface area contributed by atoms with Gasteiger partial charge in [-0.05, 0) is 137 Å². The highest BCUT2D eigenvalue weighted by Crippen LogP contribution is 2.72. The molecule has 0 bridgehead atoms. The van der Waals surface area contributed by atoms with E-state index in [2.05, 4.69) is 32.9 Å². The lowest BCUT2D eigenvalue weighted by atomic mass is 9.44. The molecule has 8 aliphatic carbocycles. The number of aliphatic hydroxyl groups excluding tert-OH is 4. The molecule has 5 heterocycles. The first kappa shape index (κ1) is 43.9. The van der Waals surface area contributed by atoms with Gasteiger partial charge in [0.1, 0.15) is 29.7 Å². The maximum atomic E-state index is 14.9. The number of carbonyl (C=O) groups excluding carboxylic acids is 1. The molecule has 12 nitrogen and oxygen atoms in total. The second-order valence-corrected chi connectivity index (χ2v) is 26.1. The van der Waals surface area contributed by atoms with Crippen LogP contribution in [0.25, 0.3) is 0 Å². The van der Waals surface area contributed by atoms with Gasteiger partial charge in [0.05, 0.1) is 58.7 Å². The van der Waals surface area contributed by atoms with Crippen molar-refractivity contribution in [1.29, 1.82) is 0 Å². The second-order valence-electron chi connectivity index (χ2n) is 26.1. The Kier molecular flexibility index (Phi) is 8.79. The third-order valence-electron chi connectivity index (χ3n) is 22.9. The third kappa shape index (κ3) is 4.97. The SMILES string of the molecule is C[C@@H]1[C@]2(O[C@H]3C=C4[C@@H]5CC[C@H]6Cc7nc8c(nc7C[C@]6(C)[C@H]5C[C@@H](O)[C@]4(C)[C@]31O)C[C@@H]1CC[C@H]3C4=CC[C@@H]5[C@H](C)C6(OC[C@]45C(=O)C[C@@H]3[C@@]1(C)C8)OC(C)(C)C[C@H]6O)O[C@](C)(CO)C[C@H]2O. The summed E-state index contributed by atoms with van der Waals surface area (Å²) in [5.74, 6) is -1.19. The van der Waals surface area contributed by atoms with Gasteiger partial charge in [-0.2, -0.15) is 0 Å². The van der Waals surface area contributed by atoms with Crippen molar-refractivity contribution in [1.82, 2.24) is 9.97 Å². The van der Waals surface area contributed by atoms with E-state index in [1.165, 1.54) is 5.57 Å². The Bertz CT molecular complexity index is 2390. The summed E-state index contributed by atoms with van der Waals surface area (Å²) < 4.78 is 26.3. The molecule has 12 aliphatic rings. The fraction of sp³-hybridized carbons (Fsp3) is 0.833. The van der Waals surface area contributed by atoms with Crippen molar-refractivity contribution >= 4 is 5.78 Å². The number of ether oxygens (including phenoxy) is 4. The Morgan fingerprint density at radius 2 is 1.35 bits per heavy atom. The summed E-state index contributed by atoms with van der Waals surface area (Å²) in [6.45, 7) is 16.8. The highest BCUT2D eigenvalue weighted by molar-refractivity contribution is 5.91. The number of allylic oxidation sites excluding steroid dienone is 1. The van der Waals surface area contributed by atoms with E-state index in [-0.39, 0.29) is 53.4 Å². The smallest absolute Gasteiger partial charge is 0.201 e. The normalized spacial score (nSPS) is 56.8. The van der Waals surface area contributed by atoms with Gasteiger partial charge in [0.25, 0.3) is 0 Å². The van der Waals surface area contributed by atoms with Gasteiger partial charge in [-0.25, -0.2) is 0 Å². The molecule has 66 heavy (non-hydrogen) atoms. The fourth-order valence-corrected chi connectivity index (χ4v) is 19.3. The minimum Gasteiger partial charge on any atom is -0.393 e. The number of hydrogen-bond acceptors (Lipinski definition) is 12. The second kappa shape index (κ2) is 13.2. The van der Waals surface area contributed by atoms with Crippen LogP contribution in [0.3, 0.4) is 0 Å². The Morgan fingerprint density at radius 1 is 0.727 bits per heavy atom. The van der Waals surface area contributed by atoms with Crippen LogP contribution < -0.4 is 0 Å². The Hall–Kier alpha value is -2.13. The van der Waals surface area contributed by atoms with Crippen LogP contribution in [0.4, 0.5) is 0 Å². The first-order chi connectivity index (χ1) is 31.0. The number of Topliss-reactive ketones (excluding diaryl/α,β-unsaturated/α-hetero) is 1. The molecule has 0 radical (unpaired) electrons. The number of nitrogens with zero attached hydrogens (tertiary/aromatic N) is 2. The number of carbonyl (C=O) groups is 1. The van der Waals surface area contributed by atoms with Crippen molar-refractivity contribution < 1.29 is 49.3 Å².